The lowest BCUT2D eigenvalue weighted by Crippen LogP contribution is -2.22. The van der Waals surface area contributed by atoms with Gasteiger partial charge >= 0.3 is 5.97 Å². The summed E-state index contributed by atoms with van der Waals surface area (Å²) in [7, 11) is 1.41. The number of ether oxygens (including phenoxy) is 1. The third-order valence-corrected chi connectivity index (χ3v) is 3.28. The van der Waals surface area contributed by atoms with E-state index in [1.165, 1.54) is 23.4 Å². The summed E-state index contributed by atoms with van der Waals surface area (Å²) in [6, 6.07) is 15.0. The van der Waals surface area contributed by atoms with Crippen LogP contribution in [0.2, 0.25) is 0 Å². The smallest absolute Gasteiger partial charge is 0.306 e. The fraction of sp³-hybridized carbons (Fsp3) is 0.312. The largest absolute Gasteiger partial charge is 0.469 e. The van der Waals surface area contributed by atoms with Crippen LogP contribution in [0.3, 0.4) is 0 Å². The van der Waals surface area contributed by atoms with E-state index >= 15 is 0 Å². The van der Waals surface area contributed by atoms with Gasteiger partial charge in [0.05, 0.1) is 13.5 Å². The number of nitrogens with one attached hydrogen (secondary N) is 1. The first-order valence-electron chi connectivity index (χ1n) is 6.49. The maximum Gasteiger partial charge on any atom is 0.306 e. The van der Waals surface area contributed by atoms with Gasteiger partial charge in [0.1, 0.15) is 0 Å². The number of hydrogen-bond donors (Lipinski definition) is 1. The highest BCUT2D eigenvalue weighted by Crippen LogP contribution is 2.20. The van der Waals surface area contributed by atoms with Crippen LogP contribution < -0.4 is 5.32 Å². The molecule has 0 spiro atoms. The van der Waals surface area contributed by atoms with Gasteiger partial charge in [-0.15, -0.1) is 0 Å². The van der Waals surface area contributed by atoms with E-state index in [4.69, 9.17) is 0 Å². The van der Waals surface area contributed by atoms with E-state index in [-0.39, 0.29) is 12.0 Å². The Morgan fingerprint density at radius 3 is 2.68 bits per heavy atom. The molecule has 100 valence electrons. The summed E-state index contributed by atoms with van der Waals surface area (Å²) in [6.07, 6.45) is 0.397. The van der Waals surface area contributed by atoms with Crippen molar-refractivity contribution in [3.8, 4) is 0 Å². The minimum absolute atomic E-state index is 0.182. The van der Waals surface area contributed by atoms with Crippen LogP contribution in [0.25, 0.3) is 10.8 Å². The molecule has 0 saturated heterocycles. The summed E-state index contributed by atoms with van der Waals surface area (Å²) in [6.45, 7) is 2.72. The van der Waals surface area contributed by atoms with E-state index in [1.807, 2.05) is 12.1 Å². The lowest BCUT2D eigenvalue weighted by atomic mass is 10.0. The quantitative estimate of drug-likeness (QED) is 0.837. The second-order valence-electron chi connectivity index (χ2n) is 4.61. The molecule has 0 radical (unpaired) electrons. The van der Waals surface area contributed by atoms with Crippen molar-refractivity contribution < 1.29 is 9.53 Å². The molecule has 2 aromatic rings. The first-order valence-corrected chi connectivity index (χ1v) is 6.49. The van der Waals surface area contributed by atoms with E-state index in [2.05, 4.69) is 47.3 Å². The summed E-state index contributed by atoms with van der Waals surface area (Å²) in [5.41, 5.74) is 1.23. The highest BCUT2D eigenvalue weighted by Gasteiger charge is 2.07. The first kappa shape index (κ1) is 13.6. The highest BCUT2D eigenvalue weighted by atomic mass is 16.5. The number of hydrogen-bond acceptors (Lipinski definition) is 3. The number of carbonyl (C=O) groups excluding carboxylic acids is 1. The molecular weight excluding hydrogens is 238 g/mol. The molecule has 2 rings (SSSR count). The summed E-state index contributed by atoms with van der Waals surface area (Å²) < 4.78 is 4.62. The maximum absolute atomic E-state index is 11.0. The fourth-order valence-electron chi connectivity index (χ4n) is 2.09. The molecule has 0 amide bonds. The number of benzene rings is 2. The third-order valence-electron chi connectivity index (χ3n) is 3.28. The summed E-state index contributed by atoms with van der Waals surface area (Å²) in [5.74, 6) is -0.182. The average molecular weight is 257 g/mol. The molecule has 19 heavy (non-hydrogen) atoms. The highest BCUT2D eigenvalue weighted by molar-refractivity contribution is 5.83. The molecule has 1 unspecified atom stereocenters. The van der Waals surface area contributed by atoms with Gasteiger partial charge in [-0.1, -0.05) is 36.4 Å². The molecule has 1 N–H and O–H groups in total. The van der Waals surface area contributed by atoms with Gasteiger partial charge in [-0.3, -0.25) is 4.79 Å². The van der Waals surface area contributed by atoms with Crippen molar-refractivity contribution in [1.29, 1.82) is 0 Å². The molecule has 1 atom stereocenters. The molecule has 0 aliphatic rings. The predicted molar refractivity (Wildman–Crippen MR) is 77.0 cm³/mol. The van der Waals surface area contributed by atoms with Crippen molar-refractivity contribution in [2.24, 2.45) is 0 Å². The van der Waals surface area contributed by atoms with Crippen LogP contribution in [0.15, 0.2) is 42.5 Å². The topological polar surface area (TPSA) is 38.3 Å². The lowest BCUT2D eigenvalue weighted by Gasteiger charge is -2.14. The van der Waals surface area contributed by atoms with E-state index in [0.717, 1.165) is 0 Å². The molecule has 0 saturated carbocycles. The average Bonchev–Trinajstić information content (AvgIpc) is 2.46. The Hall–Kier alpha value is -1.87. The normalized spacial score (nSPS) is 12.3. The fourth-order valence-corrected chi connectivity index (χ4v) is 2.09. The van der Waals surface area contributed by atoms with Crippen molar-refractivity contribution >= 4 is 16.7 Å². The Balaban J connectivity index is 2.00. The Bertz CT molecular complexity index is 565. The van der Waals surface area contributed by atoms with Gasteiger partial charge in [0.2, 0.25) is 0 Å². The van der Waals surface area contributed by atoms with Gasteiger partial charge < -0.3 is 10.1 Å². The van der Waals surface area contributed by atoms with E-state index in [9.17, 15) is 4.79 Å². The van der Waals surface area contributed by atoms with Crippen LogP contribution in [0, 0.1) is 0 Å². The molecule has 0 heterocycles. The van der Waals surface area contributed by atoms with Crippen molar-refractivity contribution in [3.05, 3.63) is 48.0 Å². The van der Waals surface area contributed by atoms with Crippen LogP contribution >= 0.6 is 0 Å². The van der Waals surface area contributed by atoms with Crippen LogP contribution in [0.1, 0.15) is 24.9 Å². The zero-order chi connectivity index (χ0) is 13.7. The number of methoxy groups -OCH3 is 1. The Morgan fingerprint density at radius 1 is 1.21 bits per heavy atom. The van der Waals surface area contributed by atoms with Crippen molar-refractivity contribution in [1.82, 2.24) is 5.32 Å². The molecule has 0 aliphatic carbocycles. The molecule has 0 aliphatic heterocycles. The second-order valence-corrected chi connectivity index (χ2v) is 4.61. The molecule has 0 bridgehead atoms. The van der Waals surface area contributed by atoms with Crippen molar-refractivity contribution in [2.45, 2.75) is 19.4 Å². The van der Waals surface area contributed by atoms with Gasteiger partial charge in [0.15, 0.2) is 0 Å². The van der Waals surface area contributed by atoms with Gasteiger partial charge in [0.25, 0.3) is 0 Å². The monoisotopic (exact) mass is 257 g/mol. The summed E-state index contributed by atoms with van der Waals surface area (Å²) >= 11 is 0. The van der Waals surface area contributed by atoms with Gasteiger partial charge in [-0.25, -0.2) is 0 Å². The molecule has 0 fully saturated rings. The van der Waals surface area contributed by atoms with Gasteiger partial charge in [-0.2, -0.15) is 0 Å². The van der Waals surface area contributed by atoms with Crippen LogP contribution in [0.5, 0.6) is 0 Å². The summed E-state index contributed by atoms with van der Waals surface area (Å²) in [4.78, 5) is 11.0. The first-order chi connectivity index (χ1) is 9.20. The van der Waals surface area contributed by atoms with Gasteiger partial charge in [0, 0.05) is 12.6 Å². The number of rotatable bonds is 5. The molecule has 0 aromatic heterocycles. The second kappa shape index (κ2) is 6.34. The zero-order valence-electron chi connectivity index (χ0n) is 11.3. The van der Waals surface area contributed by atoms with E-state index < -0.39 is 0 Å². The van der Waals surface area contributed by atoms with Crippen molar-refractivity contribution in [3.63, 3.8) is 0 Å². The number of fused-ring (bicyclic) bond motifs is 1. The number of carbonyl (C=O) groups is 1. The Morgan fingerprint density at radius 2 is 1.95 bits per heavy atom. The minimum Gasteiger partial charge on any atom is -0.469 e. The van der Waals surface area contributed by atoms with E-state index in [0.29, 0.717) is 13.0 Å². The Kier molecular flexibility index (Phi) is 4.53. The number of esters is 1. The Labute approximate surface area is 113 Å². The maximum atomic E-state index is 11.0. The summed E-state index contributed by atoms with van der Waals surface area (Å²) in [5, 5.41) is 5.81. The third kappa shape index (κ3) is 3.55. The van der Waals surface area contributed by atoms with E-state index in [1.54, 1.807) is 0 Å². The molecule has 3 nitrogen and oxygen atoms in total. The predicted octanol–water partition coefficient (Wildman–Crippen LogP) is 3.05. The van der Waals surface area contributed by atoms with Crippen molar-refractivity contribution in [2.75, 3.05) is 13.7 Å². The van der Waals surface area contributed by atoms with Crippen LogP contribution in [-0.4, -0.2) is 19.6 Å². The SMILES string of the molecule is COC(=O)CCNC(C)c1ccc2ccccc2c1. The van der Waals surface area contributed by atoms with Gasteiger partial charge in [-0.05, 0) is 29.3 Å². The molecule has 3 heteroatoms. The standard InChI is InChI=1S/C16H19NO2/c1-12(17-10-9-16(18)19-2)14-8-7-13-5-3-4-6-15(13)11-14/h3-8,11-12,17H,9-10H2,1-2H3. The zero-order valence-corrected chi connectivity index (χ0v) is 11.3. The van der Waals surface area contributed by atoms with Crippen LogP contribution in [-0.2, 0) is 9.53 Å². The van der Waals surface area contributed by atoms with Crippen LogP contribution in [0.4, 0.5) is 0 Å². The minimum atomic E-state index is -0.182. The molecular formula is C16H19NO2. The molecule has 2 aromatic carbocycles. The lowest BCUT2D eigenvalue weighted by molar-refractivity contribution is -0.140.